The number of hydroxylamine groups is 1. The number of para-hydroxylation sites is 1. The number of carbonyl (C=O) groups is 1. The molecule has 0 heterocycles. The third-order valence-electron chi connectivity index (χ3n) is 1.40. The van der Waals surface area contributed by atoms with Gasteiger partial charge in [0, 0.05) is 0 Å². The van der Waals surface area contributed by atoms with Crippen molar-refractivity contribution in [2.24, 2.45) is 0 Å². The van der Waals surface area contributed by atoms with E-state index >= 15 is 0 Å². The minimum atomic E-state index is -0.775. The summed E-state index contributed by atoms with van der Waals surface area (Å²) in [5.41, 5.74) is 2.10. The van der Waals surface area contributed by atoms with Crippen LogP contribution < -0.4 is 10.8 Å². The molecule has 1 rings (SSSR count). The van der Waals surface area contributed by atoms with Gasteiger partial charge in [-0.15, -0.1) is 0 Å². The second-order valence-electron chi connectivity index (χ2n) is 2.22. The summed E-state index contributed by atoms with van der Waals surface area (Å²) >= 11 is 0. The molecule has 0 atom stereocenters. The van der Waals surface area contributed by atoms with E-state index in [0.29, 0.717) is 11.3 Å². The van der Waals surface area contributed by atoms with E-state index in [2.05, 4.69) is 5.32 Å². The van der Waals surface area contributed by atoms with E-state index in [-0.39, 0.29) is 0 Å². The maximum absolute atomic E-state index is 10.7. The third-order valence-corrected chi connectivity index (χ3v) is 1.40. The number of benzene rings is 1. The minimum Gasteiger partial charge on any atom is -0.305 e. The van der Waals surface area contributed by atoms with E-state index in [1.54, 1.807) is 24.3 Å². The largest absolute Gasteiger partial charge is 0.342 e. The van der Waals surface area contributed by atoms with Crippen molar-refractivity contribution in [3.63, 3.8) is 0 Å². The highest BCUT2D eigenvalue weighted by molar-refractivity contribution is 5.89. The van der Waals surface area contributed by atoms with E-state index in [4.69, 9.17) is 10.5 Å². The molecule has 0 fully saturated rings. The van der Waals surface area contributed by atoms with E-state index in [1.807, 2.05) is 6.07 Å². The molecule has 0 unspecified atom stereocenters. The summed E-state index contributed by atoms with van der Waals surface area (Å²) in [6.07, 6.45) is 0. The number of rotatable bonds is 1. The Balaban J connectivity index is 2.89. The molecule has 0 bridgehead atoms. The lowest BCUT2D eigenvalue weighted by molar-refractivity contribution is 0.172. The summed E-state index contributed by atoms with van der Waals surface area (Å²) in [6.45, 7) is 0. The highest BCUT2D eigenvalue weighted by Gasteiger charge is 2.03. The Hall–Kier alpha value is -2.06. The van der Waals surface area contributed by atoms with Gasteiger partial charge in [0.15, 0.2) is 0 Å². The summed E-state index contributed by atoms with van der Waals surface area (Å²) in [5, 5.41) is 19.1. The standard InChI is InChI=1S/C8H7N3O2/c9-5-6-3-1-2-4-7(6)10-8(12)11-13/h1-4,13H,(H2,10,11,12). The predicted octanol–water partition coefficient (Wildman–Crippen LogP) is 1.07. The van der Waals surface area contributed by atoms with Gasteiger partial charge in [-0.1, -0.05) is 12.1 Å². The number of carbonyl (C=O) groups excluding carboxylic acids is 1. The quantitative estimate of drug-likeness (QED) is 0.443. The summed E-state index contributed by atoms with van der Waals surface area (Å²) in [6, 6.07) is 7.61. The maximum Gasteiger partial charge on any atom is 0.342 e. The van der Waals surface area contributed by atoms with Crippen LogP contribution in [0.25, 0.3) is 0 Å². The Morgan fingerprint density at radius 3 is 2.77 bits per heavy atom. The molecule has 0 aromatic heterocycles. The number of anilines is 1. The van der Waals surface area contributed by atoms with Crippen molar-refractivity contribution in [3.8, 4) is 6.07 Å². The van der Waals surface area contributed by atoms with Crippen LogP contribution in [0.3, 0.4) is 0 Å². The first-order valence-electron chi connectivity index (χ1n) is 3.48. The molecule has 0 aliphatic carbocycles. The van der Waals surface area contributed by atoms with Crippen molar-refractivity contribution >= 4 is 11.7 Å². The average Bonchev–Trinajstić information content (AvgIpc) is 2.18. The van der Waals surface area contributed by atoms with Crippen molar-refractivity contribution in [2.75, 3.05) is 5.32 Å². The SMILES string of the molecule is N#Cc1ccccc1NC(=O)NO. The first-order valence-corrected chi connectivity index (χ1v) is 3.48. The predicted molar refractivity (Wildman–Crippen MR) is 45.1 cm³/mol. The summed E-state index contributed by atoms with van der Waals surface area (Å²) < 4.78 is 0. The summed E-state index contributed by atoms with van der Waals surface area (Å²) in [4.78, 5) is 10.7. The molecular formula is C8H7N3O2. The van der Waals surface area contributed by atoms with Crippen LogP contribution in [0.2, 0.25) is 0 Å². The fraction of sp³-hybridized carbons (Fsp3) is 0. The molecule has 5 heteroatoms. The van der Waals surface area contributed by atoms with Gasteiger partial charge in [-0.05, 0) is 12.1 Å². The molecule has 0 aliphatic heterocycles. The molecule has 2 amide bonds. The van der Waals surface area contributed by atoms with Crippen LogP contribution in [0, 0.1) is 11.3 Å². The molecule has 3 N–H and O–H groups in total. The van der Waals surface area contributed by atoms with Crippen LogP contribution in [0.15, 0.2) is 24.3 Å². The number of nitrogens with one attached hydrogen (secondary N) is 2. The summed E-state index contributed by atoms with van der Waals surface area (Å²) in [7, 11) is 0. The molecule has 1 aromatic carbocycles. The first kappa shape index (κ1) is 9.03. The fourth-order valence-corrected chi connectivity index (χ4v) is 0.840. The number of nitriles is 1. The molecule has 0 saturated heterocycles. The van der Waals surface area contributed by atoms with Gasteiger partial charge in [0.25, 0.3) is 0 Å². The van der Waals surface area contributed by atoms with Crippen LogP contribution in [0.5, 0.6) is 0 Å². The molecule has 0 aliphatic rings. The Kier molecular flexibility index (Phi) is 2.84. The highest BCUT2D eigenvalue weighted by Crippen LogP contribution is 2.12. The van der Waals surface area contributed by atoms with Crippen LogP contribution in [0.1, 0.15) is 5.56 Å². The number of hydrogen-bond donors (Lipinski definition) is 3. The van der Waals surface area contributed by atoms with E-state index in [9.17, 15) is 4.79 Å². The Morgan fingerprint density at radius 2 is 2.15 bits per heavy atom. The number of urea groups is 1. The van der Waals surface area contributed by atoms with E-state index in [1.165, 1.54) is 5.48 Å². The van der Waals surface area contributed by atoms with E-state index < -0.39 is 6.03 Å². The molecule has 66 valence electrons. The van der Waals surface area contributed by atoms with Crippen LogP contribution in [0.4, 0.5) is 10.5 Å². The van der Waals surface area contributed by atoms with E-state index in [0.717, 1.165) is 0 Å². The van der Waals surface area contributed by atoms with Gasteiger partial charge in [0.05, 0.1) is 11.3 Å². The summed E-state index contributed by atoms with van der Waals surface area (Å²) in [5.74, 6) is 0. The average molecular weight is 177 g/mol. The lowest BCUT2D eigenvalue weighted by Crippen LogP contribution is -2.25. The molecular weight excluding hydrogens is 170 g/mol. The Morgan fingerprint density at radius 1 is 1.46 bits per heavy atom. The lowest BCUT2D eigenvalue weighted by Gasteiger charge is -2.03. The highest BCUT2D eigenvalue weighted by atomic mass is 16.5. The van der Waals surface area contributed by atoms with Gasteiger partial charge in [-0.25, -0.2) is 10.3 Å². The maximum atomic E-state index is 10.7. The molecule has 5 nitrogen and oxygen atoms in total. The van der Waals surface area contributed by atoms with Gasteiger partial charge in [0.1, 0.15) is 6.07 Å². The zero-order valence-corrected chi connectivity index (χ0v) is 6.61. The molecule has 0 radical (unpaired) electrons. The van der Waals surface area contributed by atoms with Crippen LogP contribution >= 0.6 is 0 Å². The lowest BCUT2D eigenvalue weighted by atomic mass is 10.2. The van der Waals surface area contributed by atoms with Crippen LogP contribution in [-0.4, -0.2) is 11.2 Å². The molecule has 0 saturated carbocycles. The Bertz CT molecular complexity index is 357. The van der Waals surface area contributed by atoms with Crippen molar-refractivity contribution in [1.82, 2.24) is 5.48 Å². The van der Waals surface area contributed by atoms with Gasteiger partial charge in [-0.3, -0.25) is 5.21 Å². The van der Waals surface area contributed by atoms with Crippen LogP contribution in [-0.2, 0) is 0 Å². The monoisotopic (exact) mass is 177 g/mol. The van der Waals surface area contributed by atoms with Gasteiger partial charge in [0.2, 0.25) is 0 Å². The third kappa shape index (κ3) is 2.18. The van der Waals surface area contributed by atoms with Crippen molar-refractivity contribution in [3.05, 3.63) is 29.8 Å². The number of hydrogen-bond acceptors (Lipinski definition) is 3. The topological polar surface area (TPSA) is 85.2 Å². The van der Waals surface area contributed by atoms with Crippen molar-refractivity contribution < 1.29 is 10.0 Å². The zero-order chi connectivity index (χ0) is 9.68. The minimum absolute atomic E-state index is 0.339. The smallest absolute Gasteiger partial charge is 0.305 e. The fourth-order valence-electron chi connectivity index (χ4n) is 0.840. The second-order valence-corrected chi connectivity index (χ2v) is 2.22. The Labute approximate surface area is 74.6 Å². The second kappa shape index (κ2) is 4.09. The molecule has 13 heavy (non-hydrogen) atoms. The van der Waals surface area contributed by atoms with Gasteiger partial charge >= 0.3 is 6.03 Å². The van der Waals surface area contributed by atoms with Gasteiger partial charge in [-0.2, -0.15) is 5.26 Å². The zero-order valence-electron chi connectivity index (χ0n) is 6.61. The first-order chi connectivity index (χ1) is 6.27. The number of amides is 2. The molecule has 0 spiro atoms. The normalized spacial score (nSPS) is 8.62. The van der Waals surface area contributed by atoms with Gasteiger partial charge < -0.3 is 5.32 Å². The number of nitrogens with zero attached hydrogens (tertiary/aromatic N) is 1. The van der Waals surface area contributed by atoms with Crippen molar-refractivity contribution in [2.45, 2.75) is 0 Å². The molecule has 1 aromatic rings. The van der Waals surface area contributed by atoms with Crippen molar-refractivity contribution in [1.29, 1.82) is 5.26 Å².